The number of aromatic nitrogens is 2. The lowest BCUT2D eigenvalue weighted by atomic mass is 9.94. The van der Waals surface area contributed by atoms with E-state index in [1.807, 2.05) is 6.20 Å². The predicted octanol–water partition coefficient (Wildman–Crippen LogP) is 3.63. The van der Waals surface area contributed by atoms with Crippen LogP contribution in [-0.2, 0) is 0 Å². The lowest BCUT2D eigenvalue weighted by Gasteiger charge is -2.13. The first-order valence-electron chi connectivity index (χ1n) is 5.96. The molecule has 1 saturated carbocycles. The van der Waals surface area contributed by atoms with Gasteiger partial charge in [0, 0.05) is 17.8 Å². The third kappa shape index (κ3) is 2.60. The Morgan fingerprint density at radius 1 is 1.00 bits per heavy atom. The summed E-state index contributed by atoms with van der Waals surface area (Å²) in [6.07, 6.45) is 13.1. The van der Waals surface area contributed by atoms with E-state index in [4.69, 9.17) is 0 Å². The topological polar surface area (TPSA) is 28.7 Å². The number of aromatic amines is 1. The minimum Gasteiger partial charge on any atom is -0.282 e. The molecule has 0 amide bonds. The zero-order valence-electron chi connectivity index (χ0n) is 8.84. The summed E-state index contributed by atoms with van der Waals surface area (Å²) >= 11 is 0. The third-order valence-electron chi connectivity index (χ3n) is 3.32. The molecule has 1 heterocycles. The van der Waals surface area contributed by atoms with Crippen LogP contribution in [-0.4, -0.2) is 10.2 Å². The van der Waals surface area contributed by atoms with Crippen molar-refractivity contribution in [2.75, 3.05) is 0 Å². The van der Waals surface area contributed by atoms with Crippen molar-refractivity contribution < 1.29 is 0 Å². The van der Waals surface area contributed by atoms with E-state index < -0.39 is 0 Å². The zero-order valence-corrected chi connectivity index (χ0v) is 8.84. The van der Waals surface area contributed by atoms with Gasteiger partial charge in [0.15, 0.2) is 0 Å². The van der Waals surface area contributed by atoms with Gasteiger partial charge in [0.1, 0.15) is 0 Å². The Morgan fingerprint density at radius 3 is 2.21 bits per heavy atom. The molecule has 0 bridgehead atoms. The van der Waals surface area contributed by atoms with Crippen molar-refractivity contribution in [2.45, 2.75) is 57.3 Å². The highest BCUT2D eigenvalue weighted by Crippen LogP contribution is 2.28. The molecule has 0 unspecified atom stereocenters. The number of nitrogens with zero attached hydrogens (tertiary/aromatic N) is 1. The average Bonchev–Trinajstić information content (AvgIpc) is 2.75. The van der Waals surface area contributed by atoms with Crippen molar-refractivity contribution in [1.82, 2.24) is 10.2 Å². The summed E-state index contributed by atoms with van der Waals surface area (Å²) in [6, 6.07) is 2.14. The van der Waals surface area contributed by atoms with Crippen LogP contribution in [0.2, 0.25) is 0 Å². The molecule has 2 heteroatoms. The minimum absolute atomic E-state index is 0.746. The molecule has 1 aliphatic carbocycles. The normalized spacial score (nSPS) is 21.1. The molecule has 1 fully saturated rings. The summed E-state index contributed by atoms with van der Waals surface area (Å²) in [5.41, 5.74) is 1.35. The molecule has 2 rings (SSSR count). The smallest absolute Gasteiger partial charge is 0.0490 e. The Labute approximate surface area is 86.1 Å². The standard InChI is InChI=1S/C12H20N2/c1-2-4-6-8-11(7-5-3-1)12-9-10-13-14-12/h9-11H,1-8H2,(H,13,14). The number of hydrogen-bond donors (Lipinski definition) is 1. The van der Waals surface area contributed by atoms with Crippen LogP contribution < -0.4 is 0 Å². The number of rotatable bonds is 1. The highest BCUT2D eigenvalue weighted by atomic mass is 15.1. The van der Waals surface area contributed by atoms with Crippen LogP contribution in [0.1, 0.15) is 63.0 Å². The maximum Gasteiger partial charge on any atom is 0.0490 e. The van der Waals surface area contributed by atoms with Crippen LogP contribution in [0, 0.1) is 0 Å². The quantitative estimate of drug-likeness (QED) is 0.723. The summed E-state index contributed by atoms with van der Waals surface area (Å²) in [5, 5.41) is 7.18. The largest absolute Gasteiger partial charge is 0.282 e. The van der Waals surface area contributed by atoms with Crippen molar-refractivity contribution in [3.8, 4) is 0 Å². The monoisotopic (exact) mass is 192 g/mol. The Hall–Kier alpha value is -0.790. The minimum atomic E-state index is 0.746. The maximum absolute atomic E-state index is 4.05. The first-order valence-corrected chi connectivity index (χ1v) is 5.96. The van der Waals surface area contributed by atoms with Gasteiger partial charge in [0.25, 0.3) is 0 Å². The number of hydrogen-bond acceptors (Lipinski definition) is 1. The summed E-state index contributed by atoms with van der Waals surface area (Å²) in [5.74, 6) is 0.746. The molecule has 1 N–H and O–H groups in total. The van der Waals surface area contributed by atoms with Crippen molar-refractivity contribution in [3.63, 3.8) is 0 Å². The van der Waals surface area contributed by atoms with E-state index in [-0.39, 0.29) is 0 Å². The molecular weight excluding hydrogens is 172 g/mol. The van der Waals surface area contributed by atoms with E-state index in [0.29, 0.717) is 0 Å². The van der Waals surface area contributed by atoms with Gasteiger partial charge in [-0.15, -0.1) is 0 Å². The second-order valence-corrected chi connectivity index (χ2v) is 4.41. The van der Waals surface area contributed by atoms with Gasteiger partial charge >= 0.3 is 0 Å². The molecule has 14 heavy (non-hydrogen) atoms. The van der Waals surface area contributed by atoms with Crippen molar-refractivity contribution in [3.05, 3.63) is 18.0 Å². The zero-order chi connectivity index (χ0) is 9.64. The second-order valence-electron chi connectivity index (χ2n) is 4.41. The van der Waals surface area contributed by atoms with Gasteiger partial charge in [-0.1, -0.05) is 38.5 Å². The second kappa shape index (κ2) is 5.18. The Bertz CT molecular complexity index is 231. The molecule has 78 valence electrons. The van der Waals surface area contributed by atoms with Crippen LogP contribution in [0.3, 0.4) is 0 Å². The fourth-order valence-corrected chi connectivity index (χ4v) is 2.44. The molecule has 0 aromatic carbocycles. The van der Waals surface area contributed by atoms with Gasteiger partial charge in [-0.3, -0.25) is 5.10 Å². The average molecular weight is 192 g/mol. The number of nitrogens with one attached hydrogen (secondary N) is 1. The first kappa shape index (κ1) is 9.75. The van der Waals surface area contributed by atoms with Crippen molar-refractivity contribution >= 4 is 0 Å². The van der Waals surface area contributed by atoms with Crippen LogP contribution in [0.15, 0.2) is 12.3 Å². The van der Waals surface area contributed by atoms with E-state index in [9.17, 15) is 0 Å². The molecule has 0 aliphatic heterocycles. The van der Waals surface area contributed by atoms with E-state index in [1.165, 1.54) is 57.1 Å². The molecule has 0 saturated heterocycles. The fourth-order valence-electron chi connectivity index (χ4n) is 2.44. The van der Waals surface area contributed by atoms with Gasteiger partial charge in [-0.05, 0) is 18.9 Å². The van der Waals surface area contributed by atoms with E-state index >= 15 is 0 Å². The van der Waals surface area contributed by atoms with Gasteiger partial charge in [0.2, 0.25) is 0 Å². The Morgan fingerprint density at radius 2 is 1.64 bits per heavy atom. The van der Waals surface area contributed by atoms with Crippen LogP contribution in [0.5, 0.6) is 0 Å². The van der Waals surface area contributed by atoms with Gasteiger partial charge in [0.05, 0.1) is 0 Å². The Kier molecular flexibility index (Phi) is 3.61. The van der Waals surface area contributed by atoms with E-state index in [1.54, 1.807) is 0 Å². The van der Waals surface area contributed by atoms with Crippen molar-refractivity contribution in [1.29, 1.82) is 0 Å². The SMILES string of the molecule is c1cc(C2CCCCCCCC2)[nH]n1. The molecule has 0 spiro atoms. The molecule has 2 nitrogen and oxygen atoms in total. The molecular formula is C12H20N2. The molecule has 1 aliphatic rings. The van der Waals surface area contributed by atoms with E-state index in [0.717, 1.165) is 5.92 Å². The third-order valence-corrected chi connectivity index (χ3v) is 3.32. The lowest BCUT2D eigenvalue weighted by molar-refractivity contribution is 0.527. The van der Waals surface area contributed by atoms with Gasteiger partial charge in [-0.25, -0.2) is 0 Å². The summed E-state index contributed by atoms with van der Waals surface area (Å²) in [4.78, 5) is 0. The molecule has 0 radical (unpaired) electrons. The first-order chi connectivity index (χ1) is 6.97. The highest BCUT2D eigenvalue weighted by molar-refractivity contribution is 5.05. The lowest BCUT2D eigenvalue weighted by Crippen LogP contribution is -1.99. The fraction of sp³-hybridized carbons (Fsp3) is 0.750. The number of H-pyrrole nitrogens is 1. The van der Waals surface area contributed by atoms with Gasteiger partial charge < -0.3 is 0 Å². The maximum atomic E-state index is 4.05. The summed E-state index contributed by atoms with van der Waals surface area (Å²) < 4.78 is 0. The highest BCUT2D eigenvalue weighted by Gasteiger charge is 2.13. The summed E-state index contributed by atoms with van der Waals surface area (Å²) in [7, 11) is 0. The van der Waals surface area contributed by atoms with Crippen molar-refractivity contribution in [2.24, 2.45) is 0 Å². The van der Waals surface area contributed by atoms with Crippen LogP contribution >= 0.6 is 0 Å². The van der Waals surface area contributed by atoms with Crippen LogP contribution in [0.25, 0.3) is 0 Å². The van der Waals surface area contributed by atoms with E-state index in [2.05, 4.69) is 16.3 Å². The van der Waals surface area contributed by atoms with Crippen LogP contribution in [0.4, 0.5) is 0 Å². The molecule has 0 atom stereocenters. The summed E-state index contributed by atoms with van der Waals surface area (Å²) in [6.45, 7) is 0. The van der Waals surface area contributed by atoms with Gasteiger partial charge in [-0.2, -0.15) is 5.10 Å². The molecule has 1 aromatic heterocycles. The predicted molar refractivity (Wildman–Crippen MR) is 58.3 cm³/mol. The molecule has 1 aromatic rings. The Balaban J connectivity index is 1.94.